The molecule has 0 aromatic heterocycles. The van der Waals surface area contributed by atoms with Crippen molar-refractivity contribution in [3.63, 3.8) is 0 Å². The Labute approximate surface area is 101 Å². The summed E-state index contributed by atoms with van der Waals surface area (Å²) in [6.07, 6.45) is -0.613. The van der Waals surface area contributed by atoms with Gasteiger partial charge in [0.2, 0.25) is 0 Å². The maximum Gasteiger partial charge on any atom is 0.123 e. The second kappa shape index (κ2) is 5.11. The van der Waals surface area contributed by atoms with Crippen LogP contribution in [0.4, 0.5) is 4.39 Å². The van der Waals surface area contributed by atoms with Gasteiger partial charge in [-0.3, -0.25) is 0 Å². The molecule has 0 saturated heterocycles. The Morgan fingerprint density at radius 2 is 1.47 bits per heavy atom. The number of halogens is 1. The largest absolute Gasteiger partial charge is 0.388 e. The summed E-state index contributed by atoms with van der Waals surface area (Å²) in [5.41, 5.74) is 1.81. The normalized spacial score (nSPS) is 14.3. The highest BCUT2D eigenvalue weighted by Crippen LogP contribution is 2.30. The molecule has 0 amide bonds. The number of hydrogen-bond acceptors (Lipinski definition) is 1. The van der Waals surface area contributed by atoms with Gasteiger partial charge in [0, 0.05) is 5.92 Å². The van der Waals surface area contributed by atoms with E-state index >= 15 is 0 Å². The lowest BCUT2D eigenvalue weighted by molar-refractivity contribution is 0.151. The van der Waals surface area contributed by atoms with Gasteiger partial charge in [0.15, 0.2) is 0 Å². The van der Waals surface area contributed by atoms with Gasteiger partial charge in [-0.1, -0.05) is 49.4 Å². The molecular weight excluding hydrogens is 215 g/mol. The highest BCUT2D eigenvalue weighted by molar-refractivity contribution is 5.26. The summed E-state index contributed by atoms with van der Waals surface area (Å²) in [5.74, 6) is -0.296. The first-order valence-electron chi connectivity index (χ1n) is 5.67. The Kier molecular flexibility index (Phi) is 3.55. The van der Waals surface area contributed by atoms with Crippen LogP contribution in [0, 0.1) is 5.82 Å². The van der Waals surface area contributed by atoms with Crippen molar-refractivity contribution in [3.8, 4) is 0 Å². The highest BCUT2D eigenvalue weighted by atomic mass is 19.1. The standard InChI is InChI=1S/C15H15FO/c1-11(12-5-3-2-4-6-12)15(17)13-7-9-14(16)10-8-13/h2-11,15,17H,1H3/t11-,15-/m1/s1. The van der Waals surface area contributed by atoms with Gasteiger partial charge in [-0.25, -0.2) is 4.39 Å². The molecule has 2 aromatic carbocycles. The highest BCUT2D eigenvalue weighted by Gasteiger charge is 2.17. The molecule has 0 radical (unpaired) electrons. The third-order valence-electron chi connectivity index (χ3n) is 3.01. The molecule has 0 bridgehead atoms. The Balaban J connectivity index is 2.20. The van der Waals surface area contributed by atoms with E-state index in [0.717, 1.165) is 11.1 Å². The predicted octanol–water partition coefficient (Wildman–Crippen LogP) is 3.66. The molecule has 0 aliphatic rings. The van der Waals surface area contributed by atoms with Crippen LogP contribution in [0.1, 0.15) is 30.1 Å². The number of aliphatic hydroxyl groups is 1. The summed E-state index contributed by atoms with van der Waals surface area (Å²) in [6.45, 7) is 1.96. The number of rotatable bonds is 3. The zero-order valence-corrected chi connectivity index (χ0v) is 9.68. The smallest absolute Gasteiger partial charge is 0.123 e. The van der Waals surface area contributed by atoms with Crippen molar-refractivity contribution in [1.82, 2.24) is 0 Å². The van der Waals surface area contributed by atoms with Crippen molar-refractivity contribution < 1.29 is 9.50 Å². The molecule has 1 nitrogen and oxygen atoms in total. The van der Waals surface area contributed by atoms with Gasteiger partial charge in [-0.2, -0.15) is 0 Å². The molecule has 0 fully saturated rings. The minimum absolute atomic E-state index is 0.0124. The number of aliphatic hydroxyl groups excluding tert-OH is 1. The number of hydrogen-bond donors (Lipinski definition) is 1. The average molecular weight is 230 g/mol. The summed E-state index contributed by atoms with van der Waals surface area (Å²) in [4.78, 5) is 0. The summed E-state index contributed by atoms with van der Waals surface area (Å²) < 4.78 is 12.8. The van der Waals surface area contributed by atoms with Crippen molar-refractivity contribution in [2.75, 3.05) is 0 Å². The summed E-state index contributed by atoms with van der Waals surface area (Å²) in [6, 6.07) is 15.8. The Morgan fingerprint density at radius 3 is 2.06 bits per heavy atom. The SMILES string of the molecule is C[C@H](c1ccccc1)[C@@H](O)c1ccc(F)cc1. The molecule has 0 spiro atoms. The molecule has 0 saturated carbocycles. The topological polar surface area (TPSA) is 20.2 Å². The van der Waals surface area contributed by atoms with Crippen LogP contribution in [0.15, 0.2) is 54.6 Å². The molecule has 2 atom stereocenters. The molecule has 2 aromatic rings. The maximum absolute atomic E-state index is 12.8. The van der Waals surface area contributed by atoms with E-state index in [-0.39, 0.29) is 11.7 Å². The Bertz CT molecular complexity index is 464. The quantitative estimate of drug-likeness (QED) is 0.853. The summed E-state index contributed by atoms with van der Waals surface area (Å²) in [5, 5.41) is 10.2. The summed E-state index contributed by atoms with van der Waals surface area (Å²) in [7, 11) is 0. The first kappa shape index (κ1) is 11.8. The molecular formula is C15H15FO. The van der Waals surface area contributed by atoms with Gasteiger partial charge in [0.25, 0.3) is 0 Å². The van der Waals surface area contributed by atoms with E-state index in [9.17, 15) is 9.50 Å². The van der Waals surface area contributed by atoms with E-state index < -0.39 is 6.10 Å². The fourth-order valence-corrected chi connectivity index (χ4v) is 1.89. The van der Waals surface area contributed by atoms with Crippen LogP contribution in [0.5, 0.6) is 0 Å². The zero-order valence-electron chi connectivity index (χ0n) is 9.68. The minimum atomic E-state index is -0.613. The minimum Gasteiger partial charge on any atom is -0.388 e. The molecule has 0 aliphatic heterocycles. The van der Waals surface area contributed by atoms with Gasteiger partial charge in [0.1, 0.15) is 5.82 Å². The van der Waals surface area contributed by atoms with E-state index in [2.05, 4.69) is 0 Å². The monoisotopic (exact) mass is 230 g/mol. The number of benzene rings is 2. The van der Waals surface area contributed by atoms with Crippen LogP contribution in [0.3, 0.4) is 0 Å². The Hall–Kier alpha value is -1.67. The van der Waals surface area contributed by atoms with E-state index in [4.69, 9.17) is 0 Å². The van der Waals surface area contributed by atoms with Gasteiger partial charge in [0.05, 0.1) is 6.10 Å². The molecule has 88 valence electrons. The lowest BCUT2D eigenvalue weighted by Gasteiger charge is -2.19. The molecule has 1 N–H and O–H groups in total. The molecule has 2 rings (SSSR count). The van der Waals surface area contributed by atoms with Crippen molar-refractivity contribution in [2.45, 2.75) is 18.9 Å². The van der Waals surface area contributed by atoms with E-state index in [1.54, 1.807) is 12.1 Å². The fraction of sp³-hybridized carbons (Fsp3) is 0.200. The predicted molar refractivity (Wildman–Crippen MR) is 66.2 cm³/mol. The first-order valence-corrected chi connectivity index (χ1v) is 5.67. The maximum atomic E-state index is 12.8. The van der Waals surface area contributed by atoms with Crippen molar-refractivity contribution >= 4 is 0 Å². The zero-order chi connectivity index (χ0) is 12.3. The van der Waals surface area contributed by atoms with E-state index in [1.165, 1.54) is 12.1 Å². The van der Waals surface area contributed by atoms with Crippen LogP contribution in [-0.2, 0) is 0 Å². The Morgan fingerprint density at radius 1 is 0.882 bits per heavy atom. The van der Waals surface area contributed by atoms with Crippen LogP contribution in [0.2, 0.25) is 0 Å². The van der Waals surface area contributed by atoms with Gasteiger partial charge >= 0.3 is 0 Å². The second-order valence-corrected chi connectivity index (χ2v) is 4.20. The van der Waals surface area contributed by atoms with Crippen molar-refractivity contribution in [2.24, 2.45) is 0 Å². The van der Waals surface area contributed by atoms with E-state index in [1.807, 2.05) is 37.3 Å². The molecule has 0 unspecified atom stereocenters. The second-order valence-electron chi connectivity index (χ2n) is 4.20. The van der Waals surface area contributed by atoms with Gasteiger partial charge < -0.3 is 5.11 Å². The van der Waals surface area contributed by atoms with Crippen molar-refractivity contribution in [1.29, 1.82) is 0 Å². The van der Waals surface area contributed by atoms with Crippen LogP contribution in [0.25, 0.3) is 0 Å². The fourth-order valence-electron chi connectivity index (χ4n) is 1.89. The molecule has 0 aliphatic carbocycles. The van der Waals surface area contributed by atoms with Crippen LogP contribution >= 0.6 is 0 Å². The average Bonchev–Trinajstić information content (AvgIpc) is 2.39. The molecule has 17 heavy (non-hydrogen) atoms. The lowest BCUT2D eigenvalue weighted by Crippen LogP contribution is -2.07. The third-order valence-corrected chi connectivity index (χ3v) is 3.01. The first-order chi connectivity index (χ1) is 8.18. The summed E-state index contributed by atoms with van der Waals surface area (Å²) >= 11 is 0. The van der Waals surface area contributed by atoms with E-state index in [0.29, 0.717) is 0 Å². The van der Waals surface area contributed by atoms with Gasteiger partial charge in [-0.05, 0) is 23.3 Å². The lowest BCUT2D eigenvalue weighted by atomic mass is 9.91. The molecule has 0 heterocycles. The van der Waals surface area contributed by atoms with Crippen molar-refractivity contribution in [3.05, 3.63) is 71.5 Å². The van der Waals surface area contributed by atoms with Gasteiger partial charge in [-0.15, -0.1) is 0 Å². The van der Waals surface area contributed by atoms with Crippen LogP contribution in [-0.4, -0.2) is 5.11 Å². The molecule has 2 heteroatoms. The third kappa shape index (κ3) is 2.71. The van der Waals surface area contributed by atoms with Crippen LogP contribution < -0.4 is 0 Å².